The number of para-hydroxylation sites is 1. The number of rotatable bonds is 4. The summed E-state index contributed by atoms with van der Waals surface area (Å²) in [6.45, 7) is 2.23. The Morgan fingerprint density at radius 1 is 1.00 bits per heavy atom. The van der Waals surface area contributed by atoms with Gasteiger partial charge in [-0.2, -0.15) is 0 Å². The summed E-state index contributed by atoms with van der Waals surface area (Å²) in [5, 5.41) is 2.99. The molecule has 0 saturated carbocycles. The van der Waals surface area contributed by atoms with Crippen LogP contribution < -0.4 is 19.7 Å². The van der Waals surface area contributed by atoms with Crippen molar-refractivity contribution in [1.82, 2.24) is 14.8 Å². The van der Waals surface area contributed by atoms with Crippen molar-refractivity contribution in [3.05, 3.63) is 59.8 Å². The lowest BCUT2D eigenvalue weighted by Crippen LogP contribution is -2.54. The lowest BCUT2D eigenvalue weighted by molar-refractivity contribution is -0.135. The zero-order valence-corrected chi connectivity index (χ0v) is 19.6. The topological polar surface area (TPSA) is 119 Å². The van der Waals surface area contributed by atoms with E-state index in [2.05, 4.69) is 5.32 Å². The molecule has 2 saturated heterocycles. The van der Waals surface area contributed by atoms with Crippen LogP contribution in [-0.4, -0.2) is 66.3 Å². The molecule has 3 aliphatic rings. The summed E-state index contributed by atoms with van der Waals surface area (Å²) < 4.78 is 17.8. The van der Waals surface area contributed by atoms with Gasteiger partial charge in [0.2, 0.25) is 12.7 Å². The second-order valence-corrected chi connectivity index (χ2v) is 8.72. The number of amides is 5. The summed E-state index contributed by atoms with van der Waals surface area (Å²) >= 11 is 0. The average Bonchev–Trinajstić information content (AvgIpc) is 3.51. The number of nitrogens with one attached hydrogen (secondary N) is 1. The molecule has 2 aromatic carbocycles. The van der Waals surface area contributed by atoms with E-state index in [0.717, 1.165) is 15.8 Å². The van der Waals surface area contributed by atoms with E-state index in [0.29, 0.717) is 43.4 Å². The Hall–Kier alpha value is -4.64. The van der Waals surface area contributed by atoms with Crippen molar-refractivity contribution in [2.24, 2.45) is 0 Å². The van der Waals surface area contributed by atoms with Crippen molar-refractivity contribution in [3.8, 4) is 11.5 Å². The molecule has 37 heavy (non-hydrogen) atoms. The zero-order valence-electron chi connectivity index (χ0n) is 19.6. The number of ether oxygens (including phenoxy) is 3. The summed E-state index contributed by atoms with van der Waals surface area (Å²) in [5.41, 5.74) is 1.38. The summed E-state index contributed by atoms with van der Waals surface area (Å²) in [7, 11) is 0. The molecular weight excluding hydrogens is 480 g/mol. The Kier molecular flexibility index (Phi) is 5.61. The highest BCUT2D eigenvalue weighted by Crippen LogP contribution is 2.36. The molecule has 1 aromatic heterocycles. The van der Waals surface area contributed by atoms with Crippen LogP contribution in [0.3, 0.4) is 0 Å². The fourth-order valence-corrected chi connectivity index (χ4v) is 4.65. The van der Waals surface area contributed by atoms with Crippen molar-refractivity contribution < 1.29 is 33.4 Å². The highest BCUT2D eigenvalue weighted by molar-refractivity contribution is 6.39. The highest BCUT2D eigenvalue weighted by atomic mass is 16.7. The van der Waals surface area contributed by atoms with E-state index in [9.17, 15) is 19.2 Å². The van der Waals surface area contributed by atoms with Crippen LogP contribution in [0.25, 0.3) is 17.0 Å². The van der Waals surface area contributed by atoms with E-state index in [4.69, 9.17) is 14.2 Å². The van der Waals surface area contributed by atoms with E-state index in [-0.39, 0.29) is 30.5 Å². The number of morpholine rings is 1. The van der Waals surface area contributed by atoms with Crippen molar-refractivity contribution in [3.63, 3.8) is 0 Å². The molecule has 0 bridgehead atoms. The second-order valence-electron chi connectivity index (χ2n) is 8.72. The third kappa shape index (κ3) is 4.08. The van der Waals surface area contributed by atoms with Gasteiger partial charge >= 0.3 is 6.03 Å². The van der Waals surface area contributed by atoms with Crippen LogP contribution in [0.15, 0.2) is 54.2 Å². The summed E-state index contributed by atoms with van der Waals surface area (Å²) in [5.74, 6) is -0.718. The van der Waals surface area contributed by atoms with Crippen molar-refractivity contribution in [1.29, 1.82) is 0 Å². The van der Waals surface area contributed by atoms with Crippen LogP contribution in [0.2, 0.25) is 0 Å². The van der Waals surface area contributed by atoms with Gasteiger partial charge in [0.05, 0.1) is 18.9 Å². The van der Waals surface area contributed by atoms with Crippen molar-refractivity contribution in [2.45, 2.75) is 6.54 Å². The number of imide groups is 2. The fourth-order valence-electron chi connectivity index (χ4n) is 4.65. The van der Waals surface area contributed by atoms with Gasteiger partial charge in [-0.05, 0) is 24.3 Å². The fraction of sp³-hybridized carbons (Fsp3) is 0.231. The summed E-state index contributed by atoms with van der Waals surface area (Å²) in [6, 6.07) is 11.2. The lowest BCUT2D eigenvalue weighted by atomic mass is 10.1. The van der Waals surface area contributed by atoms with Crippen molar-refractivity contribution in [2.75, 3.05) is 38.0 Å². The molecule has 11 heteroatoms. The van der Waals surface area contributed by atoms with E-state index in [1.807, 2.05) is 24.3 Å². The molecule has 4 heterocycles. The Morgan fingerprint density at radius 3 is 2.62 bits per heavy atom. The maximum absolute atomic E-state index is 13.4. The first-order chi connectivity index (χ1) is 18.0. The smallest absolute Gasteiger partial charge is 0.335 e. The molecule has 0 aliphatic carbocycles. The van der Waals surface area contributed by atoms with Crippen LogP contribution >= 0.6 is 0 Å². The molecule has 2 fully saturated rings. The molecule has 0 radical (unpaired) electrons. The van der Waals surface area contributed by atoms with Gasteiger partial charge in [-0.25, -0.2) is 9.69 Å². The molecule has 0 unspecified atom stereocenters. The number of carbonyl (C=O) groups is 4. The Bertz CT molecular complexity index is 1490. The first-order valence-electron chi connectivity index (χ1n) is 11.7. The monoisotopic (exact) mass is 502 g/mol. The van der Waals surface area contributed by atoms with Crippen LogP contribution in [0.1, 0.15) is 5.56 Å². The number of fused-ring (bicyclic) bond motifs is 2. The Morgan fingerprint density at radius 2 is 1.78 bits per heavy atom. The first-order valence-corrected chi connectivity index (χ1v) is 11.7. The molecule has 1 N–H and O–H groups in total. The maximum atomic E-state index is 13.4. The van der Waals surface area contributed by atoms with Crippen LogP contribution in [0, 0.1) is 0 Å². The van der Waals surface area contributed by atoms with Gasteiger partial charge in [0.25, 0.3) is 11.8 Å². The normalized spacial score (nSPS) is 18.6. The average molecular weight is 502 g/mol. The summed E-state index contributed by atoms with van der Waals surface area (Å²) in [4.78, 5) is 54.3. The van der Waals surface area contributed by atoms with E-state index < -0.39 is 17.8 Å². The third-order valence-electron chi connectivity index (χ3n) is 6.50. The van der Waals surface area contributed by atoms with Gasteiger partial charge in [-0.3, -0.25) is 19.7 Å². The van der Waals surface area contributed by atoms with E-state index in [1.54, 1.807) is 27.8 Å². The molecule has 0 atom stereocenters. The molecule has 3 aromatic rings. The molecule has 188 valence electrons. The van der Waals surface area contributed by atoms with Crippen molar-refractivity contribution >= 4 is 46.4 Å². The first kappa shape index (κ1) is 22.8. The quantitative estimate of drug-likeness (QED) is 0.428. The standard InChI is InChI=1S/C26H22N4O7/c31-23(28-7-9-35-10-8-28)14-29-13-16(18-3-1-2-4-20(18)29)11-19-24(32)27-26(34)30(25(19)33)17-5-6-21-22(12-17)37-15-36-21/h1-6,11-13H,7-10,14-15H2,(H,27,32,34)/b19-11+. The number of aromatic nitrogens is 1. The maximum Gasteiger partial charge on any atom is 0.335 e. The molecular formula is C26H22N4O7. The van der Waals surface area contributed by atoms with Gasteiger partial charge in [0, 0.05) is 41.8 Å². The predicted molar refractivity (Wildman–Crippen MR) is 131 cm³/mol. The molecule has 6 rings (SSSR count). The zero-order chi connectivity index (χ0) is 25.5. The SMILES string of the molecule is O=C1NC(=O)N(c2ccc3c(c2)OCO3)C(=O)/C1=C/c1cn(CC(=O)N2CCOCC2)c2ccccc12. The minimum absolute atomic E-state index is 0.0423. The largest absolute Gasteiger partial charge is 0.454 e. The predicted octanol–water partition coefficient (Wildman–Crippen LogP) is 1.90. The molecule has 5 amide bonds. The van der Waals surface area contributed by atoms with E-state index in [1.165, 1.54) is 12.1 Å². The number of hydrogen-bond donors (Lipinski definition) is 1. The number of anilines is 1. The van der Waals surface area contributed by atoms with Gasteiger partial charge in [0.1, 0.15) is 12.1 Å². The van der Waals surface area contributed by atoms with Gasteiger partial charge in [-0.15, -0.1) is 0 Å². The minimum Gasteiger partial charge on any atom is -0.454 e. The highest BCUT2D eigenvalue weighted by Gasteiger charge is 2.37. The third-order valence-corrected chi connectivity index (χ3v) is 6.50. The van der Waals surface area contributed by atoms with Gasteiger partial charge in [-0.1, -0.05) is 18.2 Å². The lowest BCUT2D eigenvalue weighted by Gasteiger charge is -2.27. The number of urea groups is 1. The number of barbiturate groups is 1. The number of carbonyl (C=O) groups excluding carboxylic acids is 4. The Balaban J connectivity index is 1.34. The molecule has 0 spiro atoms. The number of nitrogens with zero attached hydrogens (tertiary/aromatic N) is 3. The van der Waals surface area contributed by atoms with Crippen LogP contribution in [-0.2, 0) is 25.7 Å². The summed E-state index contributed by atoms with van der Waals surface area (Å²) in [6.07, 6.45) is 3.18. The van der Waals surface area contributed by atoms with Crippen LogP contribution in [0.5, 0.6) is 11.5 Å². The Labute approximate surface area is 210 Å². The number of hydrogen-bond acceptors (Lipinski definition) is 7. The molecule has 11 nitrogen and oxygen atoms in total. The second kappa shape index (κ2) is 9.10. The molecule has 3 aliphatic heterocycles. The minimum atomic E-state index is -0.857. The number of benzene rings is 2. The van der Waals surface area contributed by atoms with E-state index >= 15 is 0 Å². The van der Waals surface area contributed by atoms with Gasteiger partial charge < -0.3 is 23.7 Å². The van der Waals surface area contributed by atoms with Crippen LogP contribution in [0.4, 0.5) is 10.5 Å². The van der Waals surface area contributed by atoms with Gasteiger partial charge in [0.15, 0.2) is 11.5 Å².